The number of fused-ring (bicyclic) bond motifs is 7. The van der Waals surface area contributed by atoms with E-state index in [0.717, 1.165) is 45.7 Å². The fraction of sp³-hybridized carbons (Fsp3) is 0.207. The zero-order chi connectivity index (χ0) is 22.9. The third-order valence-corrected chi connectivity index (χ3v) is 6.69. The zero-order valence-electron chi connectivity index (χ0n) is 19.0. The first-order chi connectivity index (χ1) is 16.8. The van der Waals surface area contributed by atoms with Crippen molar-refractivity contribution in [2.45, 2.75) is 32.1 Å². The zero-order valence-corrected chi connectivity index (χ0v) is 19.0. The minimum absolute atomic E-state index is 0.194. The van der Waals surface area contributed by atoms with Crippen LogP contribution in [-0.2, 0) is 0 Å². The summed E-state index contributed by atoms with van der Waals surface area (Å²) in [7, 11) is 0. The Morgan fingerprint density at radius 2 is 1.47 bits per heavy atom. The smallest absolute Gasteiger partial charge is 0.319 e. The number of anilines is 1. The van der Waals surface area contributed by atoms with Crippen LogP contribution in [0.15, 0.2) is 78.4 Å². The highest BCUT2D eigenvalue weighted by atomic mass is 16.2. The van der Waals surface area contributed by atoms with Crippen molar-refractivity contribution >= 4 is 55.3 Å². The maximum absolute atomic E-state index is 12.4. The standard InChI is InChI=1S/C29H26N4O/c34-29(30-17-16-19-8-2-1-3-9-19)31-20-14-15-25-26(18-20)33-28-24-13-7-5-11-22(24)21-10-4-6-12-23(21)27(28)32-25/h4-8,10-15,18H,1-3,9,16-17H2,(H2,30,31,34). The molecule has 0 spiro atoms. The van der Waals surface area contributed by atoms with Gasteiger partial charge in [-0.3, -0.25) is 0 Å². The van der Waals surface area contributed by atoms with E-state index in [2.05, 4.69) is 53.1 Å². The number of rotatable bonds is 4. The molecule has 2 amide bonds. The summed E-state index contributed by atoms with van der Waals surface area (Å²) < 4.78 is 0. The summed E-state index contributed by atoms with van der Waals surface area (Å²) in [6.45, 7) is 0.648. The Morgan fingerprint density at radius 1 is 0.794 bits per heavy atom. The van der Waals surface area contributed by atoms with Crippen LogP contribution in [-0.4, -0.2) is 22.5 Å². The van der Waals surface area contributed by atoms with E-state index in [-0.39, 0.29) is 6.03 Å². The molecule has 0 fully saturated rings. The van der Waals surface area contributed by atoms with Crippen molar-refractivity contribution in [3.63, 3.8) is 0 Å². The molecule has 5 heteroatoms. The van der Waals surface area contributed by atoms with Crippen LogP contribution in [0.3, 0.4) is 0 Å². The highest BCUT2D eigenvalue weighted by Crippen LogP contribution is 2.34. The maximum atomic E-state index is 12.4. The topological polar surface area (TPSA) is 66.9 Å². The lowest BCUT2D eigenvalue weighted by Gasteiger charge is -2.13. The molecule has 1 aromatic heterocycles. The fourth-order valence-electron chi connectivity index (χ4n) is 5.00. The molecule has 1 aliphatic carbocycles. The third kappa shape index (κ3) is 3.83. The summed E-state index contributed by atoms with van der Waals surface area (Å²) >= 11 is 0. The number of aromatic nitrogens is 2. The molecule has 1 aliphatic rings. The maximum Gasteiger partial charge on any atom is 0.319 e. The molecule has 0 saturated heterocycles. The summed E-state index contributed by atoms with van der Waals surface area (Å²) in [4.78, 5) is 22.4. The number of hydrogen-bond acceptors (Lipinski definition) is 3. The first kappa shape index (κ1) is 20.6. The molecule has 34 heavy (non-hydrogen) atoms. The van der Waals surface area contributed by atoms with Gasteiger partial charge in [0.2, 0.25) is 0 Å². The van der Waals surface area contributed by atoms with Crippen molar-refractivity contribution in [3.8, 4) is 0 Å². The van der Waals surface area contributed by atoms with Crippen LogP contribution >= 0.6 is 0 Å². The highest BCUT2D eigenvalue weighted by molar-refractivity contribution is 6.23. The van der Waals surface area contributed by atoms with Gasteiger partial charge in [0.1, 0.15) is 0 Å². The van der Waals surface area contributed by atoms with Crippen LogP contribution < -0.4 is 10.6 Å². The second-order valence-corrected chi connectivity index (χ2v) is 8.95. The van der Waals surface area contributed by atoms with Gasteiger partial charge in [-0.1, -0.05) is 60.2 Å². The molecule has 5 aromatic rings. The SMILES string of the molecule is O=C(NCCC1=CCCCC1)Nc1ccc2nc3c4ccccc4c4ccccc4c3nc2c1. The predicted octanol–water partition coefficient (Wildman–Crippen LogP) is 7.10. The van der Waals surface area contributed by atoms with Gasteiger partial charge in [0.25, 0.3) is 0 Å². The summed E-state index contributed by atoms with van der Waals surface area (Å²) in [5, 5.41) is 10.4. The molecular formula is C29H26N4O. The molecule has 0 bridgehead atoms. The molecule has 5 nitrogen and oxygen atoms in total. The Hall–Kier alpha value is -3.99. The minimum atomic E-state index is -0.194. The van der Waals surface area contributed by atoms with E-state index < -0.39 is 0 Å². The quantitative estimate of drug-likeness (QED) is 0.176. The second-order valence-electron chi connectivity index (χ2n) is 8.95. The monoisotopic (exact) mass is 446 g/mol. The lowest BCUT2D eigenvalue weighted by molar-refractivity contribution is 0.252. The van der Waals surface area contributed by atoms with Gasteiger partial charge in [0.15, 0.2) is 0 Å². The van der Waals surface area contributed by atoms with E-state index in [1.54, 1.807) is 0 Å². The van der Waals surface area contributed by atoms with Gasteiger partial charge in [-0.15, -0.1) is 0 Å². The Bertz CT molecular complexity index is 1590. The Balaban J connectivity index is 1.31. The Labute approximate surface area is 197 Å². The summed E-state index contributed by atoms with van der Waals surface area (Å²) in [5.74, 6) is 0. The van der Waals surface area contributed by atoms with Crippen LogP contribution in [0.4, 0.5) is 10.5 Å². The number of allylic oxidation sites excluding steroid dienone is 1. The number of nitrogens with zero attached hydrogens (tertiary/aromatic N) is 2. The molecule has 4 aromatic carbocycles. The first-order valence-electron chi connectivity index (χ1n) is 12.0. The Morgan fingerprint density at radius 3 is 2.15 bits per heavy atom. The molecular weight excluding hydrogens is 420 g/mol. The van der Waals surface area contributed by atoms with Crippen LogP contribution in [0, 0.1) is 0 Å². The van der Waals surface area contributed by atoms with E-state index in [1.807, 2.05) is 30.3 Å². The second kappa shape index (κ2) is 8.75. The van der Waals surface area contributed by atoms with Gasteiger partial charge in [0, 0.05) is 23.0 Å². The normalized spacial score (nSPS) is 13.9. The van der Waals surface area contributed by atoms with Crippen molar-refractivity contribution in [1.29, 1.82) is 0 Å². The van der Waals surface area contributed by atoms with Crippen molar-refractivity contribution in [3.05, 3.63) is 78.4 Å². The molecule has 0 atom stereocenters. The van der Waals surface area contributed by atoms with Crippen molar-refractivity contribution in [1.82, 2.24) is 15.3 Å². The number of hydrogen-bond donors (Lipinski definition) is 2. The van der Waals surface area contributed by atoms with Gasteiger partial charge in [-0.05, 0) is 61.1 Å². The minimum Gasteiger partial charge on any atom is -0.338 e. The van der Waals surface area contributed by atoms with Crippen LogP contribution in [0.2, 0.25) is 0 Å². The van der Waals surface area contributed by atoms with Gasteiger partial charge in [-0.2, -0.15) is 0 Å². The Kier molecular flexibility index (Phi) is 5.30. The first-order valence-corrected chi connectivity index (χ1v) is 12.0. The van der Waals surface area contributed by atoms with E-state index in [9.17, 15) is 4.79 Å². The van der Waals surface area contributed by atoms with E-state index in [0.29, 0.717) is 12.2 Å². The lowest BCUT2D eigenvalue weighted by atomic mass is 9.97. The number of urea groups is 1. The van der Waals surface area contributed by atoms with Crippen molar-refractivity contribution in [2.75, 3.05) is 11.9 Å². The molecule has 6 rings (SSSR count). The number of benzene rings is 4. The number of carbonyl (C=O) groups excluding carboxylic acids is 1. The fourth-order valence-corrected chi connectivity index (χ4v) is 5.00. The number of carbonyl (C=O) groups is 1. The van der Waals surface area contributed by atoms with E-state index in [4.69, 9.17) is 9.97 Å². The van der Waals surface area contributed by atoms with E-state index >= 15 is 0 Å². The average Bonchev–Trinajstić information content (AvgIpc) is 2.88. The molecule has 0 unspecified atom stereocenters. The third-order valence-electron chi connectivity index (χ3n) is 6.69. The molecule has 0 radical (unpaired) electrons. The largest absolute Gasteiger partial charge is 0.338 e. The van der Waals surface area contributed by atoms with Crippen LogP contribution in [0.1, 0.15) is 32.1 Å². The molecule has 0 saturated carbocycles. The molecule has 168 valence electrons. The van der Waals surface area contributed by atoms with Crippen LogP contribution in [0.25, 0.3) is 43.6 Å². The average molecular weight is 447 g/mol. The number of amides is 2. The molecule has 1 heterocycles. The molecule has 2 N–H and O–H groups in total. The van der Waals surface area contributed by atoms with E-state index in [1.165, 1.54) is 35.6 Å². The highest BCUT2D eigenvalue weighted by Gasteiger charge is 2.12. The van der Waals surface area contributed by atoms with Gasteiger partial charge < -0.3 is 10.6 Å². The van der Waals surface area contributed by atoms with Gasteiger partial charge in [0.05, 0.1) is 22.1 Å². The van der Waals surface area contributed by atoms with Gasteiger partial charge in [-0.25, -0.2) is 14.8 Å². The summed E-state index contributed by atoms with van der Waals surface area (Å²) in [6, 6.07) is 22.2. The van der Waals surface area contributed by atoms with Crippen molar-refractivity contribution < 1.29 is 4.79 Å². The summed E-state index contributed by atoms with van der Waals surface area (Å²) in [5.41, 5.74) is 5.52. The van der Waals surface area contributed by atoms with Crippen molar-refractivity contribution in [2.24, 2.45) is 0 Å². The molecule has 0 aliphatic heterocycles. The van der Waals surface area contributed by atoms with Gasteiger partial charge >= 0.3 is 6.03 Å². The summed E-state index contributed by atoms with van der Waals surface area (Å²) in [6.07, 6.45) is 8.11. The predicted molar refractivity (Wildman–Crippen MR) is 140 cm³/mol. The number of nitrogens with one attached hydrogen (secondary N) is 2. The lowest BCUT2D eigenvalue weighted by Crippen LogP contribution is -2.29. The van der Waals surface area contributed by atoms with Crippen LogP contribution in [0.5, 0.6) is 0 Å².